The number of hydrogen-bond donors (Lipinski definition) is 1. The topological polar surface area (TPSA) is 24.5 Å². The molecule has 1 atom stereocenters. The maximum absolute atomic E-state index is 5.44. The quantitative estimate of drug-likeness (QED) is 0.740. The van der Waals surface area contributed by atoms with Gasteiger partial charge in [0.15, 0.2) is 0 Å². The minimum atomic E-state index is 0.399. The van der Waals surface area contributed by atoms with Crippen molar-refractivity contribution in [1.82, 2.24) is 10.2 Å². The fourth-order valence-corrected chi connectivity index (χ4v) is 3.11. The van der Waals surface area contributed by atoms with Gasteiger partial charge < -0.3 is 15.0 Å². The van der Waals surface area contributed by atoms with Crippen molar-refractivity contribution in [2.45, 2.75) is 45.6 Å². The lowest BCUT2D eigenvalue weighted by molar-refractivity contribution is 0.0282. The highest BCUT2D eigenvalue weighted by Crippen LogP contribution is 2.25. The van der Waals surface area contributed by atoms with E-state index in [1.54, 1.807) is 0 Å². The zero-order valence-corrected chi connectivity index (χ0v) is 12.1. The van der Waals surface area contributed by atoms with Gasteiger partial charge in [-0.25, -0.2) is 0 Å². The van der Waals surface area contributed by atoms with Gasteiger partial charge in [-0.3, -0.25) is 0 Å². The van der Waals surface area contributed by atoms with Crippen LogP contribution < -0.4 is 5.32 Å². The first-order valence-corrected chi connectivity index (χ1v) is 7.04. The van der Waals surface area contributed by atoms with Crippen LogP contribution in [0.25, 0.3) is 0 Å². The van der Waals surface area contributed by atoms with Crippen LogP contribution in [0.15, 0.2) is 0 Å². The molecule has 1 unspecified atom stereocenters. The lowest BCUT2D eigenvalue weighted by Gasteiger charge is -2.39. The Hall–Kier alpha value is -0.120. The normalized spacial score (nSPS) is 21.7. The molecule has 0 aromatic rings. The highest BCUT2D eigenvalue weighted by atomic mass is 16.5. The smallest absolute Gasteiger partial charge is 0.0480 e. The summed E-state index contributed by atoms with van der Waals surface area (Å²) in [5.74, 6) is 0. The first kappa shape index (κ1) is 14.9. The van der Waals surface area contributed by atoms with Crippen molar-refractivity contribution < 1.29 is 4.74 Å². The molecule has 1 N–H and O–H groups in total. The predicted octanol–water partition coefficient (Wildman–Crippen LogP) is 2.12. The van der Waals surface area contributed by atoms with Gasteiger partial charge >= 0.3 is 0 Å². The van der Waals surface area contributed by atoms with Crippen molar-refractivity contribution in [3.8, 4) is 0 Å². The van der Waals surface area contributed by atoms with Crippen molar-refractivity contribution >= 4 is 0 Å². The van der Waals surface area contributed by atoms with Crippen LogP contribution in [0.3, 0.4) is 0 Å². The van der Waals surface area contributed by atoms with Crippen molar-refractivity contribution in [2.75, 3.05) is 40.4 Å². The number of nitrogens with one attached hydrogen (secondary N) is 1. The Balaban J connectivity index is 2.46. The predicted molar refractivity (Wildman–Crippen MR) is 73.4 cm³/mol. The molecule has 0 spiro atoms. The van der Waals surface area contributed by atoms with E-state index in [0.29, 0.717) is 5.41 Å². The van der Waals surface area contributed by atoms with E-state index < -0.39 is 0 Å². The molecule has 102 valence electrons. The van der Waals surface area contributed by atoms with Gasteiger partial charge in [-0.1, -0.05) is 20.3 Å². The summed E-state index contributed by atoms with van der Waals surface area (Å²) in [6, 6.07) is 0.719. The number of ether oxygens (including phenoxy) is 1. The molecule has 1 aliphatic rings. The second-order valence-electron chi connectivity index (χ2n) is 5.85. The summed E-state index contributed by atoms with van der Waals surface area (Å²) < 4.78 is 5.44. The molecule has 1 fully saturated rings. The van der Waals surface area contributed by atoms with Crippen LogP contribution in [0.4, 0.5) is 0 Å². The van der Waals surface area contributed by atoms with E-state index in [9.17, 15) is 0 Å². The standard InChI is InChI=1S/C14H30N2O/c1-5-8-14(2,11-15-3)12-16(4)13-6-9-17-10-7-13/h13,15H,5-12H2,1-4H3. The molecule has 0 bridgehead atoms. The molecular formula is C14H30N2O. The highest BCUT2D eigenvalue weighted by Gasteiger charge is 2.28. The van der Waals surface area contributed by atoms with Gasteiger partial charge in [0.05, 0.1) is 0 Å². The second-order valence-corrected chi connectivity index (χ2v) is 5.85. The minimum Gasteiger partial charge on any atom is -0.381 e. The van der Waals surface area contributed by atoms with E-state index in [1.807, 2.05) is 0 Å². The van der Waals surface area contributed by atoms with Crippen LogP contribution in [0.5, 0.6) is 0 Å². The molecule has 1 rings (SSSR count). The maximum Gasteiger partial charge on any atom is 0.0480 e. The molecule has 1 aliphatic heterocycles. The summed E-state index contributed by atoms with van der Waals surface area (Å²) in [5.41, 5.74) is 0.399. The largest absolute Gasteiger partial charge is 0.381 e. The van der Waals surface area contributed by atoms with Gasteiger partial charge in [-0.15, -0.1) is 0 Å². The summed E-state index contributed by atoms with van der Waals surface area (Å²) in [7, 11) is 4.34. The number of hydrogen-bond acceptors (Lipinski definition) is 3. The molecule has 0 aromatic carbocycles. The Kier molecular flexibility index (Phi) is 6.45. The highest BCUT2D eigenvalue weighted by molar-refractivity contribution is 4.82. The Morgan fingerprint density at radius 2 is 2.00 bits per heavy atom. The Bertz CT molecular complexity index is 196. The summed E-state index contributed by atoms with van der Waals surface area (Å²) in [4.78, 5) is 2.55. The van der Waals surface area contributed by atoms with Crippen LogP contribution in [-0.2, 0) is 4.74 Å². The Morgan fingerprint density at radius 1 is 1.35 bits per heavy atom. The molecule has 0 saturated carbocycles. The first-order valence-electron chi connectivity index (χ1n) is 7.04. The van der Waals surface area contributed by atoms with Gasteiger partial charge in [-0.2, -0.15) is 0 Å². The van der Waals surface area contributed by atoms with Gasteiger partial charge in [0.2, 0.25) is 0 Å². The van der Waals surface area contributed by atoms with Gasteiger partial charge in [0.25, 0.3) is 0 Å². The van der Waals surface area contributed by atoms with Crippen molar-refractivity contribution in [2.24, 2.45) is 5.41 Å². The third kappa shape index (κ3) is 4.94. The first-order chi connectivity index (χ1) is 8.11. The van der Waals surface area contributed by atoms with E-state index in [1.165, 1.54) is 32.2 Å². The number of rotatable bonds is 7. The Labute approximate surface area is 107 Å². The molecule has 1 saturated heterocycles. The van der Waals surface area contributed by atoms with Crippen molar-refractivity contribution in [3.63, 3.8) is 0 Å². The van der Waals surface area contributed by atoms with Gasteiger partial charge in [-0.05, 0) is 38.8 Å². The zero-order valence-electron chi connectivity index (χ0n) is 12.1. The van der Waals surface area contributed by atoms with Crippen LogP contribution in [0, 0.1) is 5.41 Å². The molecule has 0 aromatic heterocycles. The van der Waals surface area contributed by atoms with E-state index in [0.717, 1.165) is 25.8 Å². The summed E-state index contributed by atoms with van der Waals surface area (Å²) >= 11 is 0. The average Bonchev–Trinajstić information content (AvgIpc) is 2.30. The average molecular weight is 242 g/mol. The summed E-state index contributed by atoms with van der Waals surface area (Å²) in [5, 5.41) is 3.35. The molecule has 3 heteroatoms. The lowest BCUT2D eigenvalue weighted by Crippen LogP contribution is -2.45. The minimum absolute atomic E-state index is 0.399. The summed E-state index contributed by atoms with van der Waals surface area (Å²) in [6.07, 6.45) is 4.94. The van der Waals surface area contributed by atoms with Crippen LogP contribution in [0.1, 0.15) is 39.5 Å². The third-order valence-corrected chi connectivity index (χ3v) is 3.90. The van der Waals surface area contributed by atoms with E-state index in [2.05, 4.69) is 38.2 Å². The van der Waals surface area contributed by atoms with E-state index >= 15 is 0 Å². The number of nitrogens with zero attached hydrogens (tertiary/aromatic N) is 1. The van der Waals surface area contributed by atoms with E-state index in [-0.39, 0.29) is 0 Å². The molecule has 3 nitrogen and oxygen atoms in total. The molecular weight excluding hydrogens is 212 g/mol. The monoisotopic (exact) mass is 242 g/mol. The molecule has 17 heavy (non-hydrogen) atoms. The fourth-order valence-electron chi connectivity index (χ4n) is 3.11. The Morgan fingerprint density at radius 3 is 2.53 bits per heavy atom. The molecule has 0 aliphatic carbocycles. The summed E-state index contributed by atoms with van der Waals surface area (Å²) in [6.45, 7) is 8.85. The molecule has 0 radical (unpaired) electrons. The van der Waals surface area contributed by atoms with Crippen LogP contribution in [-0.4, -0.2) is 51.3 Å². The van der Waals surface area contributed by atoms with Crippen molar-refractivity contribution in [3.05, 3.63) is 0 Å². The fraction of sp³-hybridized carbons (Fsp3) is 1.00. The zero-order chi connectivity index (χ0) is 12.7. The molecule has 0 amide bonds. The second kappa shape index (κ2) is 7.34. The van der Waals surface area contributed by atoms with Crippen LogP contribution >= 0.6 is 0 Å². The van der Waals surface area contributed by atoms with Crippen LogP contribution in [0.2, 0.25) is 0 Å². The third-order valence-electron chi connectivity index (χ3n) is 3.90. The van der Waals surface area contributed by atoms with Gasteiger partial charge in [0, 0.05) is 32.3 Å². The lowest BCUT2D eigenvalue weighted by atomic mass is 9.84. The van der Waals surface area contributed by atoms with Crippen molar-refractivity contribution in [1.29, 1.82) is 0 Å². The maximum atomic E-state index is 5.44. The van der Waals surface area contributed by atoms with Gasteiger partial charge in [0.1, 0.15) is 0 Å². The SMILES string of the molecule is CCCC(C)(CNC)CN(C)C1CCOCC1. The molecule has 1 heterocycles. The van der Waals surface area contributed by atoms with E-state index in [4.69, 9.17) is 4.74 Å².